The lowest BCUT2D eigenvalue weighted by Gasteiger charge is -2.29. The smallest absolute Gasteiger partial charge is 0.201 e. The molecule has 0 saturated carbocycles. The maximum Gasteiger partial charge on any atom is 0.201 e. The Balaban J connectivity index is 1.74. The highest BCUT2D eigenvalue weighted by atomic mass is 35.5. The summed E-state index contributed by atoms with van der Waals surface area (Å²) in [5.41, 5.74) is 2.62. The fourth-order valence-electron chi connectivity index (χ4n) is 4.33. The third-order valence-electron chi connectivity index (χ3n) is 6.02. The van der Waals surface area contributed by atoms with Crippen molar-refractivity contribution >= 4 is 41.1 Å². The van der Waals surface area contributed by atoms with Gasteiger partial charge in [0.1, 0.15) is 23.4 Å². The van der Waals surface area contributed by atoms with E-state index in [1.165, 1.54) is 0 Å². The van der Waals surface area contributed by atoms with Gasteiger partial charge in [0.15, 0.2) is 12.1 Å². The van der Waals surface area contributed by atoms with Gasteiger partial charge in [0.25, 0.3) is 0 Å². The third kappa shape index (κ3) is 4.43. The van der Waals surface area contributed by atoms with Crippen LogP contribution in [0.1, 0.15) is 39.3 Å². The zero-order chi connectivity index (χ0) is 25.2. The second-order valence-corrected chi connectivity index (χ2v) is 8.96. The van der Waals surface area contributed by atoms with Gasteiger partial charge in [-0.05, 0) is 47.5 Å². The minimum atomic E-state index is -0.346. The van der Waals surface area contributed by atoms with Crippen molar-refractivity contribution < 1.29 is 18.8 Å². The van der Waals surface area contributed by atoms with Crippen LogP contribution < -0.4 is 14.4 Å². The van der Waals surface area contributed by atoms with E-state index in [4.69, 9.17) is 42.2 Å². The molecule has 0 saturated heterocycles. The normalized spacial score (nSPS) is 17.1. The third-order valence-corrected chi connectivity index (χ3v) is 6.52. The highest BCUT2D eigenvalue weighted by Gasteiger charge is 2.42. The number of benzene rings is 3. The topological polar surface area (TPSA) is 77.2 Å². The first-order chi connectivity index (χ1) is 17.5. The van der Waals surface area contributed by atoms with Crippen LogP contribution in [0.15, 0.2) is 82.3 Å². The van der Waals surface area contributed by atoms with Gasteiger partial charge in [0, 0.05) is 22.2 Å². The lowest BCUT2D eigenvalue weighted by molar-refractivity contribution is 0.109. The minimum Gasteiger partial charge on any atom is -0.497 e. The van der Waals surface area contributed by atoms with Crippen LogP contribution in [-0.4, -0.2) is 31.5 Å². The quantitative estimate of drug-likeness (QED) is 0.256. The minimum absolute atomic E-state index is 0.107. The number of amidine groups is 1. The summed E-state index contributed by atoms with van der Waals surface area (Å²) in [6.45, 7) is 0. The standard InChI is InChI=1S/C27H21Cl2N3O4/c1-34-20-11-12-22(23(13-20)35-2)27-30-25(16-3-7-18(28)8-4-16)26(17-5-9-19(29)10-6-17)32(27)24-14-21(15-33)36-31-24/h3-15,25-26H,1-2H3. The van der Waals surface area contributed by atoms with Crippen LogP contribution in [0.4, 0.5) is 5.82 Å². The first kappa shape index (κ1) is 23.9. The Hall–Kier alpha value is -3.81. The molecule has 5 rings (SSSR count). The van der Waals surface area contributed by atoms with E-state index in [9.17, 15) is 4.79 Å². The molecule has 3 aromatic carbocycles. The van der Waals surface area contributed by atoms with E-state index in [2.05, 4.69) is 5.16 Å². The highest BCUT2D eigenvalue weighted by Crippen LogP contribution is 2.47. The molecule has 1 aromatic heterocycles. The van der Waals surface area contributed by atoms with Crippen molar-refractivity contribution in [3.05, 3.63) is 105 Å². The van der Waals surface area contributed by atoms with Crippen molar-refractivity contribution in [3.8, 4) is 11.5 Å². The maximum absolute atomic E-state index is 11.4. The zero-order valence-electron chi connectivity index (χ0n) is 19.4. The second-order valence-electron chi connectivity index (χ2n) is 8.09. The van der Waals surface area contributed by atoms with E-state index in [1.807, 2.05) is 65.6 Å². The Labute approximate surface area is 217 Å². The number of aliphatic imine (C=N–C) groups is 1. The van der Waals surface area contributed by atoms with Crippen LogP contribution in [0.3, 0.4) is 0 Å². The summed E-state index contributed by atoms with van der Waals surface area (Å²) in [6.07, 6.45) is 0.616. The average molecular weight is 522 g/mol. The van der Waals surface area contributed by atoms with Gasteiger partial charge in [-0.15, -0.1) is 0 Å². The fraction of sp³-hybridized carbons (Fsp3) is 0.148. The molecule has 0 fully saturated rings. The molecule has 1 aliphatic rings. The molecule has 1 aliphatic heterocycles. The molecule has 4 aromatic rings. The summed E-state index contributed by atoms with van der Waals surface area (Å²) in [7, 11) is 3.18. The number of carbonyl (C=O) groups is 1. The predicted octanol–water partition coefficient (Wildman–Crippen LogP) is 6.56. The Morgan fingerprint density at radius 2 is 1.56 bits per heavy atom. The van der Waals surface area contributed by atoms with Crippen LogP contribution in [0, 0.1) is 0 Å². The number of nitrogens with zero attached hydrogens (tertiary/aromatic N) is 3. The molecule has 0 bridgehead atoms. The molecule has 7 nitrogen and oxygen atoms in total. The lowest BCUT2D eigenvalue weighted by Crippen LogP contribution is -2.32. The molecule has 2 heterocycles. The number of carbonyl (C=O) groups excluding carboxylic acids is 1. The van der Waals surface area contributed by atoms with Crippen molar-refractivity contribution in [2.45, 2.75) is 12.1 Å². The van der Waals surface area contributed by atoms with E-state index >= 15 is 0 Å². The monoisotopic (exact) mass is 521 g/mol. The number of rotatable bonds is 7. The largest absolute Gasteiger partial charge is 0.497 e. The lowest BCUT2D eigenvalue weighted by atomic mass is 9.93. The summed E-state index contributed by atoms with van der Waals surface area (Å²) in [5, 5.41) is 5.44. The maximum atomic E-state index is 11.4. The second kappa shape index (κ2) is 10.0. The van der Waals surface area contributed by atoms with Crippen LogP contribution in [0.25, 0.3) is 0 Å². The molecule has 2 atom stereocenters. The first-order valence-corrected chi connectivity index (χ1v) is 11.8. The van der Waals surface area contributed by atoms with Crippen molar-refractivity contribution in [1.82, 2.24) is 5.16 Å². The van der Waals surface area contributed by atoms with Crippen LogP contribution >= 0.6 is 23.2 Å². The molecule has 2 unspecified atom stereocenters. The zero-order valence-corrected chi connectivity index (χ0v) is 20.9. The molecule has 182 valence electrons. The van der Waals surface area contributed by atoms with Gasteiger partial charge in [-0.25, -0.2) is 0 Å². The van der Waals surface area contributed by atoms with Crippen molar-refractivity contribution in [2.75, 3.05) is 19.1 Å². The van der Waals surface area contributed by atoms with Crippen molar-refractivity contribution in [1.29, 1.82) is 0 Å². The molecule has 36 heavy (non-hydrogen) atoms. The molecular formula is C27H21Cl2N3O4. The summed E-state index contributed by atoms with van der Waals surface area (Å²) >= 11 is 12.4. The van der Waals surface area contributed by atoms with Gasteiger partial charge in [-0.1, -0.05) is 52.6 Å². The number of hydrogen-bond acceptors (Lipinski definition) is 7. The summed E-state index contributed by atoms with van der Waals surface area (Å²) < 4.78 is 16.3. The van der Waals surface area contributed by atoms with Crippen LogP contribution in [0.5, 0.6) is 11.5 Å². The van der Waals surface area contributed by atoms with Gasteiger partial charge >= 0.3 is 0 Å². The highest BCUT2D eigenvalue weighted by molar-refractivity contribution is 6.30. The van der Waals surface area contributed by atoms with Gasteiger partial charge < -0.3 is 14.0 Å². The van der Waals surface area contributed by atoms with Crippen molar-refractivity contribution in [3.63, 3.8) is 0 Å². The Bertz CT molecular complexity index is 1420. The molecule has 9 heteroatoms. The summed E-state index contributed by atoms with van der Waals surface area (Å²) in [6, 6.07) is 21.6. The van der Waals surface area contributed by atoms with Crippen LogP contribution in [-0.2, 0) is 0 Å². The fourth-order valence-corrected chi connectivity index (χ4v) is 4.58. The Morgan fingerprint density at radius 3 is 2.14 bits per heavy atom. The van der Waals surface area contributed by atoms with E-state index in [0.717, 1.165) is 16.7 Å². The van der Waals surface area contributed by atoms with Crippen LogP contribution in [0.2, 0.25) is 10.0 Å². The Kier molecular flexibility index (Phi) is 6.67. The van der Waals surface area contributed by atoms with Crippen molar-refractivity contribution in [2.24, 2.45) is 4.99 Å². The first-order valence-electron chi connectivity index (χ1n) is 11.0. The predicted molar refractivity (Wildman–Crippen MR) is 139 cm³/mol. The molecule has 0 N–H and O–H groups in total. The number of hydrogen-bond donors (Lipinski definition) is 0. The molecular weight excluding hydrogens is 501 g/mol. The molecule has 0 amide bonds. The Morgan fingerprint density at radius 1 is 0.889 bits per heavy atom. The number of aldehydes is 1. The van der Waals surface area contributed by atoms with Gasteiger partial charge in [0.2, 0.25) is 5.76 Å². The molecule has 0 radical (unpaired) electrons. The SMILES string of the molecule is COc1ccc(C2=NC(c3ccc(Cl)cc3)C(c3ccc(Cl)cc3)N2c2cc(C=O)on2)c(OC)c1. The molecule has 0 spiro atoms. The number of aromatic nitrogens is 1. The van der Waals surface area contributed by atoms with Gasteiger partial charge in [-0.2, -0.15) is 0 Å². The van der Waals surface area contributed by atoms with E-state index in [1.54, 1.807) is 26.4 Å². The summed E-state index contributed by atoms with van der Waals surface area (Å²) in [5.74, 6) is 2.36. The average Bonchev–Trinajstić information content (AvgIpc) is 3.54. The number of halogens is 2. The number of anilines is 1. The molecule has 0 aliphatic carbocycles. The number of ether oxygens (including phenoxy) is 2. The van der Waals surface area contributed by atoms with E-state index in [-0.39, 0.29) is 17.8 Å². The van der Waals surface area contributed by atoms with E-state index in [0.29, 0.717) is 39.5 Å². The summed E-state index contributed by atoms with van der Waals surface area (Å²) in [4.78, 5) is 18.5. The van der Waals surface area contributed by atoms with Gasteiger partial charge in [-0.3, -0.25) is 14.7 Å². The van der Waals surface area contributed by atoms with Gasteiger partial charge in [0.05, 0.1) is 25.8 Å². The number of methoxy groups -OCH3 is 2. The van der Waals surface area contributed by atoms with E-state index < -0.39 is 0 Å².